The molecule has 1 unspecified atom stereocenters. The second-order valence-corrected chi connectivity index (χ2v) is 8.62. The molecule has 0 spiro atoms. The molecule has 0 saturated carbocycles. The number of hydrogen-bond acceptors (Lipinski definition) is 6. The van der Waals surface area contributed by atoms with Crippen LogP contribution in [0, 0.1) is 6.92 Å². The number of anilines is 2. The van der Waals surface area contributed by atoms with Gasteiger partial charge in [-0.2, -0.15) is 0 Å². The van der Waals surface area contributed by atoms with Crippen molar-refractivity contribution in [1.29, 1.82) is 0 Å². The quantitative estimate of drug-likeness (QED) is 0.843. The van der Waals surface area contributed by atoms with Crippen LogP contribution in [0.25, 0.3) is 0 Å². The van der Waals surface area contributed by atoms with E-state index >= 15 is 0 Å². The molecule has 25 heavy (non-hydrogen) atoms. The molecule has 0 bridgehead atoms. The SMILES string of the molecule is Cc1ccc(Cl)cc1NC(=O)c1cnc(NC2CCS(=O)(=O)C2)nc1. The summed E-state index contributed by atoms with van der Waals surface area (Å²) < 4.78 is 22.9. The topological polar surface area (TPSA) is 101 Å². The zero-order valence-corrected chi connectivity index (χ0v) is 15.1. The number of halogens is 1. The Kier molecular flexibility index (Phi) is 4.91. The Balaban J connectivity index is 1.65. The van der Waals surface area contributed by atoms with Gasteiger partial charge in [0.2, 0.25) is 5.95 Å². The van der Waals surface area contributed by atoms with Crippen LogP contribution >= 0.6 is 11.6 Å². The number of rotatable bonds is 4. The molecular weight excluding hydrogens is 364 g/mol. The van der Waals surface area contributed by atoms with E-state index in [-0.39, 0.29) is 23.5 Å². The van der Waals surface area contributed by atoms with Gasteiger partial charge in [-0.05, 0) is 31.0 Å². The van der Waals surface area contributed by atoms with E-state index in [4.69, 9.17) is 11.6 Å². The summed E-state index contributed by atoms with van der Waals surface area (Å²) in [6, 6.07) is 5.04. The second-order valence-electron chi connectivity index (χ2n) is 5.95. The van der Waals surface area contributed by atoms with E-state index in [2.05, 4.69) is 20.6 Å². The molecule has 7 nitrogen and oxygen atoms in total. The number of amides is 1. The van der Waals surface area contributed by atoms with Crippen LogP contribution in [0.3, 0.4) is 0 Å². The molecular formula is C16H17ClN4O3S. The minimum Gasteiger partial charge on any atom is -0.350 e. The highest BCUT2D eigenvalue weighted by Gasteiger charge is 2.28. The predicted octanol–water partition coefficient (Wildman–Crippen LogP) is 2.29. The van der Waals surface area contributed by atoms with Crippen molar-refractivity contribution < 1.29 is 13.2 Å². The Morgan fingerprint density at radius 2 is 2.00 bits per heavy atom. The van der Waals surface area contributed by atoms with Gasteiger partial charge in [0, 0.05) is 29.1 Å². The van der Waals surface area contributed by atoms with Crippen LogP contribution in [0.15, 0.2) is 30.6 Å². The number of aryl methyl sites for hydroxylation is 1. The van der Waals surface area contributed by atoms with E-state index in [1.807, 2.05) is 13.0 Å². The number of benzene rings is 1. The van der Waals surface area contributed by atoms with Gasteiger partial charge in [-0.1, -0.05) is 17.7 Å². The van der Waals surface area contributed by atoms with E-state index in [9.17, 15) is 13.2 Å². The maximum Gasteiger partial charge on any atom is 0.258 e. The van der Waals surface area contributed by atoms with Crippen LogP contribution in [-0.2, 0) is 9.84 Å². The zero-order valence-electron chi connectivity index (χ0n) is 13.5. The van der Waals surface area contributed by atoms with Crippen molar-refractivity contribution in [2.24, 2.45) is 0 Å². The molecule has 1 aromatic carbocycles. The molecule has 1 atom stereocenters. The van der Waals surface area contributed by atoms with Gasteiger partial charge in [0.25, 0.3) is 5.91 Å². The van der Waals surface area contributed by atoms with E-state index in [1.165, 1.54) is 12.4 Å². The third-order valence-corrected chi connectivity index (χ3v) is 5.93. The first-order chi connectivity index (χ1) is 11.8. The molecule has 0 radical (unpaired) electrons. The van der Waals surface area contributed by atoms with Crippen LogP contribution < -0.4 is 10.6 Å². The van der Waals surface area contributed by atoms with E-state index in [0.29, 0.717) is 28.6 Å². The molecule has 9 heteroatoms. The first-order valence-electron chi connectivity index (χ1n) is 7.69. The van der Waals surface area contributed by atoms with Crippen molar-refractivity contribution in [2.75, 3.05) is 22.1 Å². The predicted molar refractivity (Wildman–Crippen MR) is 96.9 cm³/mol. The standard InChI is InChI=1S/C16H17ClN4O3S/c1-10-2-3-12(17)6-14(10)21-15(22)11-7-18-16(19-8-11)20-13-4-5-25(23,24)9-13/h2-3,6-8,13H,4-5,9H2,1H3,(H,21,22)(H,18,19,20). The number of aromatic nitrogens is 2. The highest BCUT2D eigenvalue weighted by Crippen LogP contribution is 2.21. The minimum atomic E-state index is -2.97. The number of carbonyl (C=O) groups excluding carboxylic acids is 1. The van der Waals surface area contributed by atoms with Crippen LogP contribution in [-0.4, -0.2) is 41.8 Å². The van der Waals surface area contributed by atoms with E-state index in [1.54, 1.807) is 12.1 Å². The lowest BCUT2D eigenvalue weighted by atomic mass is 10.2. The molecule has 132 valence electrons. The van der Waals surface area contributed by atoms with E-state index in [0.717, 1.165) is 5.56 Å². The summed E-state index contributed by atoms with van der Waals surface area (Å²) in [6.07, 6.45) is 3.32. The summed E-state index contributed by atoms with van der Waals surface area (Å²) in [6.45, 7) is 1.87. The smallest absolute Gasteiger partial charge is 0.258 e. The molecule has 2 N–H and O–H groups in total. The first kappa shape index (κ1) is 17.6. The third kappa shape index (κ3) is 4.46. The number of hydrogen-bond donors (Lipinski definition) is 2. The molecule has 1 aliphatic heterocycles. The Hall–Kier alpha value is -2.19. The monoisotopic (exact) mass is 380 g/mol. The lowest BCUT2D eigenvalue weighted by Crippen LogP contribution is -2.22. The molecule has 2 aromatic rings. The van der Waals surface area contributed by atoms with Gasteiger partial charge in [0.05, 0.1) is 17.1 Å². The number of carbonyl (C=O) groups is 1. The molecule has 1 amide bonds. The summed E-state index contributed by atoms with van der Waals surface area (Å²) >= 11 is 5.94. The average Bonchev–Trinajstić information content (AvgIpc) is 2.90. The molecule has 3 rings (SSSR count). The third-order valence-electron chi connectivity index (χ3n) is 3.93. The highest BCUT2D eigenvalue weighted by atomic mass is 35.5. The Bertz CT molecular complexity index is 900. The lowest BCUT2D eigenvalue weighted by Gasteiger charge is -2.11. The number of sulfone groups is 1. The van der Waals surface area contributed by atoms with Crippen molar-refractivity contribution in [3.63, 3.8) is 0 Å². The van der Waals surface area contributed by atoms with Crippen LogP contribution in [0.4, 0.5) is 11.6 Å². The van der Waals surface area contributed by atoms with Gasteiger partial charge in [-0.25, -0.2) is 18.4 Å². The van der Waals surface area contributed by atoms with Crippen LogP contribution in [0.5, 0.6) is 0 Å². The summed E-state index contributed by atoms with van der Waals surface area (Å²) in [7, 11) is -2.97. The highest BCUT2D eigenvalue weighted by molar-refractivity contribution is 7.91. The minimum absolute atomic E-state index is 0.0760. The Morgan fingerprint density at radius 3 is 2.64 bits per heavy atom. The van der Waals surface area contributed by atoms with Gasteiger partial charge in [-0.3, -0.25) is 4.79 Å². The zero-order chi connectivity index (χ0) is 18.0. The maximum absolute atomic E-state index is 12.3. The van der Waals surface area contributed by atoms with Crippen molar-refractivity contribution in [2.45, 2.75) is 19.4 Å². The summed E-state index contributed by atoms with van der Waals surface area (Å²) in [5.74, 6) is 0.203. The van der Waals surface area contributed by atoms with Crippen LogP contribution in [0.2, 0.25) is 5.02 Å². The van der Waals surface area contributed by atoms with Crippen molar-refractivity contribution in [3.05, 3.63) is 46.7 Å². The molecule has 1 aliphatic rings. The molecule has 1 aromatic heterocycles. The lowest BCUT2D eigenvalue weighted by molar-refractivity contribution is 0.102. The summed E-state index contributed by atoms with van der Waals surface area (Å²) in [5.41, 5.74) is 1.80. The summed E-state index contributed by atoms with van der Waals surface area (Å²) in [4.78, 5) is 20.5. The van der Waals surface area contributed by atoms with Crippen molar-refractivity contribution in [3.8, 4) is 0 Å². The van der Waals surface area contributed by atoms with E-state index < -0.39 is 9.84 Å². The largest absolute Gasteiger partial charge is 0.350 e. The van der Waals surface area contributed by atoms with Gasteiger partial charge in [0.15, 0.2) is 9.84 Å². The first-order valence-corrected chi connectivity index (χ1v) is 9.89. The van der Waals surface area contributed by atoms with Crippen LogP contribution in [0.1, 0.15) is 22.3 Å². The average molecular weight is 381 g/mol. The molecule has 1 fully saturated rings. The second kappa shape index (κ2) is 6.97. The van der Waals surface area contributed by atoms with Crippen molar-refractivity contribution in [1.82, 2.24) is 9.97 Å². The summed E-state index contributed by atoms with van der Waals surface area (Å²) in [5, 5.41) is 6.28. The fourth-order valence-electron chi connectivity index (χ4n) is 2.53. The van der Waals surface area contributed by atoms with Gasteiger partial charge in [-0.15, -0.1) is 0 Å². The van der Waals surface area contributed by atoms with Gasteiger partial charge < -0.3 is 10.6 Å². The Labute approximate surface area is 150 Å². The van der Waals surface area contributed by atoms with Gasteiger partial charge in [0.1, 0.15) is 0 Å². The molecule has 2 heterocycles. The maximum atomic E-state index is 12.3. The Morgan fingerprint density at radius 1 is 1.28 bits per heavy atom. The fraction of sp³-hybridized carbons (Fsp3) is 0.312. The molecule has 0 aliphatic carbocycles. The van der Waals surface area contributed by atoms with Gasteiger partial charge >= 0.3 is 0 Å². The number of nitrogens with one attached hydrogen (secondary N) is 2. The fourth-order valence-corrected chi connectivity index (χ4v) is 4.38. The normalized spacial score (nSPS) is 18.7. The number of nitrogens with zero attached hydrogens (tertiary/aromatic N) is 2. The molecule has 1 saturated heterocycles. The van der Waals surface area contributed by atoms with Crippen molar-refractivity contribution >= 4 is 39.0 Å².